The Morgan fingerprint density at radius 2 is 1.71 bits per heavy atom. The molecule has 0 aliphatic carbocycles. The van der Waals surface area contributed by atoms with Crippen LogP contribution >= 0.6 is 11.6 Å². The second-order valence-electron chi connectivity index (χ2n) is 5.86. The summed E-state index contributed by atoms with van der Waals surface area (Å²) in [5.74, 6) is 2.01. The van der Waals surface area contributed by atoms with Gasteiger partial charge in [0.05, 0.1) is 0 Å². The predicted molar refractivity (Wildman–Crippen MR) is 101 cm³/mol. The highest BCUT2D eigenvalue weighted by molar-refractivity contribution is 6.30. The molecule has 24 heavy (non-hydrogen) atoms. The van der Waals surface area contributed by atoms with Crippen LogP contribution in [0.15, 0.2) is 36.7 Å². The summed E-state index contributed by atoms with van der Waals surface area (Å²) in [7, 11) is 0. The number of piperazine rings is 1. The average Bonchev–Trinajstić information content (AvgIpc) is 2.63. The number of halogens is 1. The van der Waals surface area contributed by atoms with Crippen molar-refractivity contribution in [3.05, 3.63) is 41.7 Å². The van der Waals surface area contributed by atoms with Gasteiger partial charge in [-0.2, -0.15) is 0 Å². The molecule has 2 heterocycles. The van der Waals surface area contributed by atoms with Crippen molar-refractivity contribution in [2.75, 3.05) is 54.0 Å². The maximum absolute atomic E-state index is 6.10. The molecular formula is C18H24ClN5. The topological polar surface area (TPSA) is 35.5 Å². The lowest BCUT2D eigenvalue weighted by molar-refractivity contribution is 0.646. The number of anilines is 3. The zero-order valence-electron chi connectivity index (χ0n) is 14.3. The van der Waals surface area contributed by atoms with Gasteiger partial charge in [0.15, 0.2) is 0 Å². The van der Waals surface area contributed by atoms with Gasteiger partial charge in [0.25, 0.3) is 0 Å². The lowest BCUT2D eigenvalue weighted by Gasteiger charge is -2.37. The van der Waals surface area contributed by atoms with Crippen LogP contribution in [0.5, 0.6) is 0 Å². The Kier molecular flexibility index (Phi) is 5.41. The molecule has 2 aromatic rings. The van der Waals surface area contributed by atoms with Gasteiger partial charge >= 0.3 is 0 Å². The van der Waals surface area contributed by atoms with Crippen LogP contribution in [0.1, 0.15) is 13.8 Å². The molecule has 0 spiro atoms. The van der Waals surface area contributed by atoms with Crippen LogP contribution in [0.3, 0.4) is 0 Å². The monoisotopic (exact) mass is 345 g/mol. The van der Waals surface area contributed by atoms with Gasteiger partial charge in [-0.25, -0.2) is 9.97 Å². The molecule has 0 radical (unpaired) electrons. The average molecular weight is 346 g/mol. The quantitative estimate of drug-likeness (QED) is 0.830. The first-order chi connectivity index (χ1) is 11.7. The Hall–Kier alpha value is -2.01. The predicted octanol–water partition coefficient (Wildman–Crippen LogP) is 3.30. The molecule has 0 bridgehead atoms. The smallest absolute Gasteiger partial charge is 0.134 e. The third kappa shape index (κ3) is 3.73. The molecule has 1 aromatic heterocycles. The van der Waals surface area contributed by atoms with Crippen LogP contribution < -0.4 is 14.7 Å². The highest BCUT2D eigenvalue weighted by atomic mass is 35.5. The molecule has 1 aromatic carbocycles. The largest absolute Gasteiger partial charge is 0.368 e. The van der Waals surface area contributed by atoms with Crippen molar-refractivity contribution < 1.29 is 0 Å². The van der Waals surface area contributed by atoms with Gasteiger partial charge in [-0.15, -0.1) is 0 Å². The van der Waals surface area contributed by atoms with E-state index in [4.69, 9.17) is 11.6 Å². The van der Waals surface area contributed by atoms with Crippen LogP contribution in [-0.2, 0) is 0 Å². The molecule has 5 nitrogen and oxygen atoms in total. The maximum Gasteiger partial charge on any atom is 0.134 e. The Balaban J connectivity index is 1.67. The first-order valence-corrected chi connectivity index (χ1v) is 8.91. The van der Waals surface area contributed by atoms with E-state index in [2.05, 4.69) is 50.6 Å². The summed E-state index contributed by atoms with van der Waals surface area (Å²) >= 11 is 6.10. The molecule has 0 amide bonds. The summed E-state index contributed by atoms with van der Waals surface area (Å²) in [6.07, 6.45) is 1.67. The summed E-state index contributed by atoms with van der Waals surface area (Å²) < 4.78 is 0. The second kappa shape index (κ2) is 7.71. The number of nitrogens with zero attached hydrogens (tertiary/aromatic N) is 5. The van der Waals surface area contributed by atoms with Gasteiger partial charge in [0.2, 0.25) is 0 Å². The molecule has 1 saturated heterocycles. The van der Waals surface area contributed by atoms with Crippen molar-refractivity contribution in [2.24, 2.45) is 0 Å². The van der Waals surface area contributed by atoms with E-state index in [0.717, 1.165) is 55.9 Å². The number of hydrogen-bond acceptors (Lipinski definition) is 5. The Morgan fingerprint density at radius 1 is 1.00 bits per heavy atom. The lowest BCUT2D eigenvalue weighted by Crippen LogP contribution is -2.46. The van der Waals surface area contributed by atoms with E-state index in [-0.39, 0.29) is 0 Å². The first-order valence-electron chi connectivity index (χ1n) is 8.53. The van der Waals surface area contributed by atoms with E-state index >= 15 is 0 Å². The number of rotatable bonds is 5. The molecule has 0 unspecified atom stereocenters. The zero-order chi connectivity index (χ0) is 16.9. The van der Waals surface area contributed by atoms with E-state index in [1.54, 1.807) is 6.33 Å². The fraction of sp³-hybridized carbons (Fsp3) is 0.444. The summed E-state index contributed by atoms with van der Waals surface area (Å²) in [4.78, 5) is 15.8. The molecule has 1 aliphatic rings. The third-order valence-corrected chi connectivity index (χ3v) is 4.74. The fourth-order valence-corrected chi connectivity index (χ4v) is 3.28. The normalized spacial score (nSPS) is 14.8. The van der Waals surface area contributed by atoms with E-state index in [0.29, 0.717) is 0 Å². The molecule has 3 rings (SSSR count). The molecule has 128 valence electrons. The Bertz CT molecular complexity index is 666. The van der Waals surface area contributed by atoms with E-state index in [9.17, 15) is 0 Å². The van der Waals surface area contributed by atoms with Crippen LogP contribution in [0.4, 0.5) is 17.3 Å². The van der Waals surface area contributed by atoms with Crippen molar-refractivity contribution in [3.8, 4) is 0 Å². The van der Waals surface area contributed by atoms with Crippen LogP contribution in [-0.4, -0.2) is 49.2 Å². The minimum atomic E-state index is 0.787. The summed E-state index contributed by atoms with van der Waals surface area (Å²) in [6, 6.07) is 10.2. The molecule has 1 aliphatic heterocycles. The third-order valence-electron chi connectivity index (χ3n) is 4.50. The van der Waals surface area contributed by atoms with Gasteiger partial charge in [0.1, 0.15) is 18.0 Å². The molecule has 6 heteroatoms. The van der Waals surface area contributed by atoms with Crippen LogP contribution in [0.25, 0.3) is 0 Å². The maximum atomic E-state index is 6.10. The standard InChI is InChI=1S/C18H24ClN5/c1-3-22(4-2)17-13-18(21-14-20-17)24-10-8-23(9-11-24)16-7-5-6-15(19)12-16/h5-7,12-14H,3-4,8-11H2,1-2H3. The van der Waals surface area contributed by atoms with Crippen molar-refractivity contribution in [3.63, 3.8) is 0 Å². The molecule has 0 saturated carbocycles. The Labute approximate surface area is 148 Å². The van der Waals surface area contributed by atoms with Gasteiger partial charge < -0.3 is 14.7 Å². The first kappa shape index (κ1) is 16.8. The van der Waals surface area contributed by atoms with Crippen LogP contribution in [0, 0.1) is 0 Å². The van der Waals surface area contributed by atoms with Crippen molar-refractivity contribution in [1.82, 2.24) is 9.97 Å². The fourth-order valence-electron chi connectivity index (χ4n) is 3.10. The van der Waals surface area contributed by atoms with Gasteiger partial charge in [0, 0.05) is 56.0 Å². The van der Waals surface area contributed by atoms with Crippen molar-refractivity contribution in [1.29, 1.82) is 0 Å². The zero-order valence-corrected chi connectivity index (χ0v) is 15.1. The lowest BCUT2D eigenvalue weighted by atomic mass is 10.2. The van der Waals surface area contributed by atoms with Gasteiger partial charge in [-0.05, 0) is 32.0 Å². The summed E-state index contributed by atoms with van der Waals surface area (Å²) in [5.41, 5.74) is 1.19. The van der Waals surface area contributed by atoms with E-state index < -0.39 is 0 Å². The van der Waals surface area contributed by atoms with Gasteiger partial charge in [-0.1, -0.05) is 17.7 Å². The molecule has 1 fully saturated rings. The van der Waals surface area contributed by atoms with Crippen molar-refractivity contribution in [2.45, 2.75) is 13.8 Å². The van der Waals surface area contributed by atoms with E-state index in [1.807, 2.05) is 18.2 Å². The highest BCUT2D eigenvalue weighted by Crippen LogP contribution is 2.23. The minimum absolute atomic E-state index is 0.787. The van der Waals surface area contributed by atoms with E-state index in [1.165, 1.54) is 5.69 Å². The highest BCUT2D eigenvalue weighted by Gasteiger charge is 2.19. The number of benzene rings is 1. The summed E-state index contributed by atoms with van der Waals surface area (Å²) in [6.45, 7) is 10.0. The SMILES string of the molecule is CCN(CC)c1cc(N2CCN(c3cccc(Cl)c3)CC2)ncn1. The van der Waals surface area contributed by atoms with Gasteiger partial charge in [-0.3, -0.25) is 0 Å². The number of aromatic nitrogens is 2. The second-order valence-corrected chi connectivity index (χ2v) is 6.30. The molecule has 0 N–H and O–H groups in total. The minimum Gasteiger partial charge on any atom is -0.368 e. The van der Waals surface area contributed by atoms with Crippen LogP contribution in [0.2, 0.25) is 5.02 Å². The molecular weight excluding hydrogens is 322 g/mol. The Morgan fingerprint density at radius 3 is 2.38 bits per heavy atom. The van der Waals surface area contributed by atoms with Crippen molar-refractivity contribution >= 4 is 28.9 Å². The summed E-state index contributed by atoms with van der Waals surface area (Å²) in [5, 5.41) is 0.787. The number of hydrogen-bond donors (Lipinski definition) is 0. The molecule has 0 atom stereocenters.